The molecule has 9 heteroatoms. The third-order valence-electron chi connectivity index (χ3n) is 5.99. The van der Waals surface area contributed by atoms with Gasteiger partial charge in [0.25, 0.3) is 0 Å². The van der Waals surface area contributed by atoms with Crippen LogP contribution in [0.4, 0.5) is 0 Å². The lowest BCUT2D eigenvalue weighted by Crippen LogP contribution is -2.08. The summed E-state index contributed by atoms with van der Waals surface area (Å²) in [4.78, 5) is 36.2. The molecule has 0 saturated heterocycles. The maximum atomic E-state index is 12.7. The van der Waals surface area contributed by atoms with Crippen molar-refractivity contribution in [3.05, 3.63) is 87.0 Å². The fourth-order valence-corrected chi connectivity index (χ4v) is 4.04. The molecule has 36 heavy (non-hydrogen) atoms. The van der Waals surface area contributed by atoms with Crippen LogP contribution in [0.15, 0.2) is 57.7 Å². The van der Waals surface area contributed by atoms with Crippen LogP contribution in [0.1, 0.15) is 39.3 Å². The van der Waals surface area contributed by atoms with Gasteiger partial charge in [-0.3, -0.25) is 4.79 Å². The molecular weight excluding hydrogens is 464 g/mol. The van der Waals surface area contributed by atoms with Gasteiger partial charge in [0.2, 0.25) is 0 Å². The van der Waals surface area contributed by atoms with Gasteiger partial charge >= 0.3 is 17.6 Å². The molecule has 0 unspecified atom stereocenters. The van der Waals surface area contributed by atoms with Crippen LogP contribution in [0.25, 0.3) is 16.7 Å². The molecule has 0 N–H and O–H groups in total. The van der Waals surface area contributed by atoms with E-state index in [2.05, 4.69) is 5.10 Å². The second-order valence-electron chi connectivity index (χ2n) is 8.21. The highest BCUT2D eigenvalue weighted by molar-refractivity contribution is 5.90. The molecule has 2 aromatic heterocycles. The predicted octanol–water partition coefficient (Wildman–Crippen LogP) is 4.07. The number of methoxy groups -OCH3 is 2. The van der Waals surface area contributed by atoms with E-state index in [1.54, 1.807) is 47.1 Å². The van der Waals surface area contributed by atoms with Crippen molar-refractivity contribution in [2.45, 2.75) is 33.3 Å². The first-order chi connectivity index (χ1) is 17.3. The Labute approximate surface area is 207 Å². The molecule has 9 nitrogen and oxygen atoms in total. The number of carbonyl (C=O) groups excluding carboxylic acids is 2. The summed E-state index contributed by atoms with van der Waals surface area (Å²) in [5, 5.41) is 5.24. The lowest BCUT2D eigenvalue weighted by atomic mass is 10.1. The summed E-state index contributed by atoms with van der Waals surface area (Å²) in [6, 6.07) is 13.3. The standard InChI is InChI=1S/C27H26N2O7/c1-16-22(11-12-25(30)34-4)17(2)29(28-16)20-7-5-18(6-8-20)27(32)35-15-19-13-26(31)36-24-14-21(33-3)9-10-23(19)24/h5-10,13-14H,11-12,15H2,1-4H3. The quantitative estimate of drug-likeness (QED) is 0.269. The summed E-state index contributed by atoms with van der Waals surface area (Å²) in [7, 11) is 2.89. The van der Waals surface area contributed by atoms with E-state index in [0.29, 0.717) is 34.3 Å². The topological polar surface area (TPSA) is 110 Å². The first kappa shape index (κ1) is 24.7. The highest BCUT2D eigenvalue weighted by atomic mass is 16.5. The molecule has 0 saturated carbocycles. The molecular formula is C27H26N2O7. The van der Waals surface area contributed by atoms with E-state index in [0.717, 1.165) is 22.6 Å². The highest BCUT2D eigenvalue weighted by Gasteiger charge is 2.16. The number of aromatic nitrogens is 2. The van der Waals surface area contributed by atoms with Crippen LogP contribution in [-0.4, -0.2) is 35.9 Å². The van der Waals surface area contributed by atoms with Crippen LogP contribution in [0.3, 0.4) is 0 Å². The summed E-state index contributed by atoms with van der Waals surface area (Å²) in [5.74, 6) is -0.241. The minimum Gasteiger partial charge on any atom is -0.497 e. The number of rotatable bonds is 8. The molecule has 4 rings (SSSR count). The molecule has 0 radical (unpaired) electrons. The molecule has 0 bridgehead atoms. The van der Waals surface area contributed by atoms with E-state index in [-0.39, 0.29) is 19.0 Å². The minimum absolute atomic E-state index is 0.0873. The summed E-state index contributed by atoms with van der Waals surface area (Å²) in [6.45, 7) is 3.74. The third-order valence-corrected chi connectivity index (χ3v) is 5.99. The van der Waals surface area contributed by atoms with Gasteiger partial charge in [-0.2, -0.15) is 5.10 Å². The highest BCUT2D eigenvalue weighted by Crippen LogP contribution is 2.24. The van der Waals surface area contributed by atoms with Crippen LogP contribution in [0.2, 0.25) is 0 Å². The van der Waals surface area contributed by atoms with Gasteiger partial charge < -0.3 is 18.6 Å². The maximum absolute atomic E-state index is 12.7. The van der Waals surface area contributed by atoms with Gasteiger partial charge in [-0.25, -0.2) is 14.3 Å². The molecule has 186 valence electrons. The zero-order chi connectivity index (χ0) is 25.8. The minimum atomic E-state index is -0.540. The number of hydrogen-bond acceptors (Lipinski definition) is 8. The van der Waals surface area contributed by atoms with Crippen molar-refractivity contribution in [3.63, 3.8) is 0 Å². The molecule has 0 fully saturated rings. The van der Waals surface area contributed by atoms with Crippen LogP contribution in [-0.2, 0) is 27.3 Å². The Morgan fingerprint density at radius 3 is 2.47 bits per heavy atom. The largest absolute Gasteiger partial charge is 0.497 e. The number of esters is 2. The molecule has 0 atom stereocenters. The van der Waals surface area contributed by atoms with Crippen LogP contribution < -0.4 is 10.4 Å². The molecule has 0 aliphatic rings. The van der Waals surface area contributed by atoms with Gasteiger partial charge in [0.05, 0.1) is 31.2 Å². The molecule has 0 spiro atoms. The monoisotopic (exact) mass is 490 g/mol. The van der Waals surface area contributed by atoms with E-state index in [9.17, 15) is 14.4 Å². The zero-order valence-corrected chi connectivity index (χ0v) is 20.5. The first-order valence-corrected chi connectivity index (χ1v) is 11.3. The summed E-state index contributed by atoms with van der Waals surface area (Å²) < 4.78 is 22.4. The van der Waals surface area contributed by atoms with Gasteiger partial charge in [-0.15, -0.1) is 0 Å². The van der Waals surface area contributed by atoms with E-state index in [1.807, 2.05) is 13.8 Å². The van der Waals surface area contributed by atoms with Gasteiger partial charge in [0.1, 0.15) is 17.9 Å². The SMILES string of the molecule is COC(=O)CCc1c(C)nn(-c2ccc(C(=O)OCc3cc(=O)oc4cc(OC)ccc34)cc2)c1C. The predicted molar refractivity (Wildman–Crippen MR) is 132 cm³/mol. The van der Waals surface area contributed by atoms with Gasteiger partial charge in [-0.05, 0) is 62.2 Å². The summed E-state index contributed by atoms with van der Waals surface area (Å²) in [6.07, 6.45) is 0.814. The Hall–Kier alpha value is -4.40. The number of carbonyl (C=O) groups is 2. The average molecular weight is 491 g/mol. The van der Waals surface area contributed by atoms with Gasteiger partial charge in [0.15, 0.2) is 0 Å². The third kappa shape index (κ3) is 5.14. The number of benzene rings is 2. The lowest BCUT2D eigenvalue weighted by molar-refractivity contribution is -0.140. The maximum Gasteiger partial charge on any atom is 0.338 e. The molecule has 4 aromatic rings. The summed E-state index contributed by atoms with van der Waals surface area (Å²) in [5.41, 5.74) is 4.22. The van der Waals surface area contributed by atoms with E-state index in [4.69, 9.17) is 18.6 Å². The fourth-order valence-electron chi connectivity index (χ4n) is 4.04. The van der Waals surface area contributed by atoms with E-state index in [1.165, 1.54) is 20.3 Å². The van der Waals surface area contributed by atoms with E-state index < -0.39 is 11.6 Å². The average Bonchev–Trinajstić information content (AvgIpc) is 3.17. The van der Waals surface area contributed by atoms with Crippen molar-refractivity contribution in [2.75, 3.05) is 14.2 Å². The number of hydrogen-bond donors (Lipinski definition) is 0. The van der Waals surface area contributed by atoms with Crippen molar-refractivity contribution in [2.24, 2.45) is 0 Å². The normalized spacial score (nSPS) is 10.9. The zero-order valence-electron chi connectivity index (χ0n) is 20.5. The van der Waals surface area contributed by atoms with Crippen molar-refractivity contribution in [3.8, 4) is 11.4 Å². The van der Waals surface area contributed by atoms with Crippen LogP contribution in [0.5, 0.6) is 5.75 Å². The Morgan fingerprint density at radius 2 is 1.78 bits per heavy atom. The summed E-state index contributed by atoms with van der Waals surface area (Å²) >= 11 is 0. The van der Waals surface area contributed by atoms with Crippen LogP contribution in [0, 0.1) is 13.8 Å². The fraction of sp³-hybridized carbons (Fsp3) is 0.259. The van der Waals surface area contributed by atoms with Crippen molar-refractivity contribution < 1.29 is 28.2 Å². The van der Waals surface area contributed by atoms with Gasteiger partial charge in [-0.1, -0.05) is 0 Å². The first-order valence-electron chi connectivity index (χ1n) is 11.3. The molecule has 0 aliphatic carbocycles. The second kappa shape index (κ2) is 10.5. The second-order valence-corrected chi connectivity index (χ2v) is 8.21. The number of nitrogens with zero attached hydrogens (tertiary/aromatic N) is 2. The Balaban J connectivity index is 1.48. The smallest absolute Gasteiger partial charge is 0.338 e. The lowest BCUT2D eigenvalue weighted by Gasteiger charge is -2.09. The Bertz CT molecular complexity index is 1480. The van der Waals surface area contributed by atoms with Crippen molar-refractivity contribution >= 4 is 22.9 Å². The Kier molecular flexibility index (Phi) is 7.19. The van der Waals surface area contributed by atoms with Gasteiger partial charge in [0, 0.05) is 35.2 Å². The Morgan fingerprint density at radius 1 is 1.03 bits per heavy atom. The molecule has 0 amide bonds. The van der Waals surface area contributed by atoms with Crippen molar-refractivity contribution in [1.82, 2.24) is 9.78 Å². The number of ether oxygens (including phenoxy) is 3. The molecule has 2 heterocycles. The van der Waals surface area contributed by atoms with Crippen molar-refractivity contribution in [1.29, 1.82) is 0 Å². The van der Waals surface area contributed by atoms with Crippen LogP contribution >= 0.6 is 0 Å². The molecule has 2 aromatic carbocycles. The van der Waals surface area contributed by atoms with E-state index >= 15 is 0 Å². The number of fused-ring (bicyclic) bond motifs is 1. The number of aryl methyl sites for hydroxylation is 1. The molecule has 0 aliphatic heterocycles.